The lowest BCUT2D eigenvalue weighted by molar-refractivity contribution is -0.140. The number of hydrogen-bond acceptors (Lipinski definition) is 2. The Morgan fingerprint density at radius 1 is 1.20 bits per heavy atom. The van der Waals surface area contributed by atoms with Crippen LogP contribution in [0.25, 0.3) is 0 Å². The Kier molecular flexibility index (Phi) is 6.77. The van der Waals surface area contributed by atoms with Crippen LogP contribution < -0.4 is 5.32 Å². The van der Waals surface area contributed by atoms with Gasteiger partial charge in [-0.15, -0.1) is 0 Å². The van der Waals surface area contributed by atoms with E-state index in [1.165, 1.54) is 0 Å². The van der Waals surface area contributed by atoms with E-state index in [1.807, 2.05) is 44.2 Å². The highest BCUT2D eigenvalue weighted by Crippen LogP contribution is 2.11. The lowest BCUT2D eigenvalue weighted by atomic mass is 10.1. The maximum atomic E-state index is 12.2. The second-order valence-electron chi connectivity index (χ2n) is 4.83. The van der Waals surface area contributed by atoms with Gasteiger partial charge in [-0.25, -0.2) is 0 Å². The molecule has 1 N–H and O–H groups in total. The number of benzene rings is 1. The van der Waals surface area contributed by atoms with Crippen LogP contribution in [0.1, 0.15) is 39.2 Å². The maximum absolute atomic E-state index is 12.2. The van der Waals surface area contributed by atoms with Gasteiger partial charge >= 0.3 is 0 Å². The highest BCUT2D eigenvalue weighted by Gasteiger charge is 2.24. The Bertz CT molecular complexity index is 431. The largest absolute Gasteiger partial charge is 0.355 e. The van der Waals surface area contributed by atoms with Crippen molar-refractivity contribution < 1.29 is 9.59 Å². The number of carbonyl (C=O) groups excluding carboxylic acids is 2. The summed E-state index contributed by atoms with van der Waals surface area (Å²) in [5.74, 6) is -0.0806. The van der Waals surface area contributed by atoms with E-state index >= 15 is 0 Å². The van der Waals surface area contributed by atoms with Gasteiger partial charge in [-0.2, -0.15) is 0 Å². The third-order valence-corrected chi connectivity index (χ3v) is 3.18. The number of rotatable bonds is 7. The summed E-state index contributed by atoms with van der Waals surface area (Å²) >= 11 is 0. The number of nitrogens with one attached hydrogen (secondary N) is 1. The van der Waals surface area contributed by atoms with Crippen molar-refractivity contribution in [2.24, 2.45) is 0 Å². The van der Waals surface area contributed by atoms with Crippen molar-refractivity contribution in [2.75, 3.05) is 6.54 Å². The minimum Gasteiger partial charge on any atom is -0.355 e. The molecule has 0 spiro atoms. The van der Waals surface area contributed by atoms with Crippen molar-refractivity contribution >= 4 is 11.8 Å². The molecule has 2 amide bonds. The molecule has 0 radical (unpaired) electrons. The number of likely N-dealkylation sites (N-methyl/N-ethyl adjacent to an activating group) is 1. The van der Waals surface area contributed by atoms with Crippen LogP contribution in [-0.2, 0) is 16.1 Å². The van der Waals surface area contributed by atoms with Gasteiger partial charge in [0.05, 0.1) is 0 Å². The van der Waals surface area contributed by atoms with Gasteiger partial charge in [-0.05, 0) is 25.8 Å². The first-order valence-electron chi connectivity index (χ1n) is 7.21. The summed E-state index contributed by atoms with van der Waals surface area (Å²) in [6.07, 6.45) is 1.25. The first-order valence-corrected chi connectivity index (χ1v) is 7.21. The minimum absolute atomic E-state index is 0.0232. The quantitative estimate of drug-likeness (QED) is 0.831. The van der Waals surface area contributed by atoms with E-state index in [2.05, 4.69) is 5.32 Å². The van der Waals surface area contributed by atoms with E-state index in [1.54, 1.807) is 11.8 Å². The van der Waals surface area contributed by atoms with E-state index in [9.17, 15) is 9.59 Å². The predicted molar refractivity (Wildman–Crippen MR) is 80.0 cm³/mol. The Hall–Kier alpha value is -1.84. The van der Waals surface area contributed by atoms with Gasteiger partial charge in [-0.1, -0.05) is 37.3 Å². The van der Waals surface area contributed by atoms with Crippen molar-refractivity contribution in [3.8, 4) is 0 Å². The summed E-state index contributed by atoms with van der Waals surface area (Å²) in [5.41, 5.74) is 1.04. The fraction of sp³-hybridized carbons (Fsp3) is 0.500. The Labute approximate surface area is 121 Å². The van der Waals surface area contributed by atoms with E-state index in [4.69, 9.17) is 0 Å². The van der Waals surface area contributed by atoms with E-state index in [0.29, 0.717) is 19.5 Å². The fourth-order valence-corrected chi connectivity index (χ4v) is 2.04. The molecule has 0 fully saturated rings. The van der Waals surface area contributed by atoms with Crippen LogP contribution in [-0.4, -0.2) is 29.3 Å². The third kappa shape index (κ3) is 4.68. The summed E-state index contributed by atoms with van der Waals surface area (Å²) in [6, 6.07) is 9.31. The van der Waals surface area contributed by atoms with Gasteiger partial charge in [0.2, 0.25) is 11.8 Å². The summed E-state index contributed by atoms with van der Waals surface area (Å²) in [6.45, 7) is 6.67. The van der Waals surface area contributed by atoms with Gasteiger partial charge in [0.1, 0.15) is 6.04 Å². The second kappa shape index (κ2) is 8.35. The van der Waals surface area contributed by atoms with E-state index in [0.717, 1.165) is 12.0 Å². The molecule has 4 heteroatoms. The predicted octanol–water partition coefficient (Wildman–Crippen LogP) is 2.34. The molecule has 1 rings (SSSR count). The zero-order valence-corrected chi connectivity index (χ0v) is 12.6. The highest BCUT2D eigenvalue weighted by molar-refractivity contribution is 5.87. The van der Waals surface area contributed by atoms with Crippen molar-refractivity contribution in [2.45, 2.75) is 46.2 Å². The average Bonchev–Trinajstić information content (AvgIpc) is 2.45. The molecule has 0 aliphatic rings. The molecule has 0 saturated heterocycles. The molecule has 0 aliphatic heterocycles. The topological polar surface area (TPSA) is 49.4 Å². The molecule has 110 valence electrons. The van der Waals surface area contributed by atoms with E-state index < -0.39 is 6.04 Å². The van der Waals surface area contributed by atoms with Gasteiger partial charge in [0.15, 0.2) is 0 Å². The van der Waals surface area contributed by atoms with Gasteiger partial charge in [0.25, 0.3) is 0 Å². The molecule has 0 bridgehead atoms. The molecule has 1 aromatic carbocycles. The molecule has 1 aromatic rings. The van der Waals surface area contributed by atoms with Gasteiger partial charge in [0, 0.05) is 19.5 Å². The zero-order valence-electron chi connectivity index (χ0n) is 12.6. The number of carbonyl (C=O) groups is 2. The smallest absolute Gasteiger partial charge is 0.242 e. The standard InChI is InChI=1S/C16H24N2O2/c1-4-9-15(19)18(13(3)16(20)17-5-2)12-14-10-7-6-8-11-14/h6-8,10-11,13H,4-5,9,12H2,1-3H3,(H,17,20)/t13-/m1/s1. The summed E-state index contributed by atoms with van der Waals surface area (Å²) in [4.78, 5) is 25.9. The molecular formula is C16H24N2O2. The molecule has 20 heavy (non-hydrogen) atoms. The molecular weight excluding hydrogens is 252 g/mol. The Balaban J connectivity index is 2.84. The molecule has 0 aliphatic carbocycles. The monoisotopic (exact) mass is 276 g/mol. The Morgan fingerprint density at radius 3 is 2.40 bits per heavy atom. The molecule has 0 aromatic heterocycles. The average molecular weight is 276 g/mol. The molecule has 0 saturated carbocycles. The summed E-state index contributed by atoms with van der Waals surface area (Å²) < 4.78 is 0. The lowest BCUT2D eigenvalue weighted by Gasteiger charge is -2.28. The third-order valence-electron chi connectivity index (χ3n) is 3.18. The second-order valence-corrected chi connectivity index (χ2v) is 4.83. The lowest BCUT2D eigenvalue weighted by Crippen LogP contribution is -2.47. The highest BCUT2D eigenvalue weighted by atomic mass is 16.2. The maximum Gasteiger partial charge on any atom is 0.242 e. The van der Waals surface area contributed by atoms with Crippen LogP contribution in [0.3, 0.4) is 0 Å². The molecule has 4 nitrogen and oxygen atoms in total. The van der Waals surface area contributed by atoms with Crippen LogP contribution >= 0.6 is 0 Å². The van der Waals surface area contributed by atoms with E-state index in [-0.39, 0.29) is 11.8 Å². The normalized spacial score (nSPS) is 11.8. The van der Waals surface area contributed by atoms with Crippen LogP contribution in [0.2, 0.25) is 0 Å². The van der Waals surface area contributed by atoms with Crippen molar-refractivity contribution in [3.05, 3.63) is 35.9 Å². The molecule has 1 atom stereocenters. The summed E-state index contributed by atoms with van der Waals surface area (Å²) in [7, 11) is 0. The summed E-state index contributed by atoms with van der Waals surface area (Å²) in [5, 5.41) is 2.78. The van der Waals surface area contributed by atoms with Crippen LogP contribution in [0.5, 0.6) is 0 Å². The van der Waals surface area contributed by atoms with Crippen LogP contribution in [0.15, 0.2) is 30.3 Å². The first-order chi connectivity index (χ1) is 9.60. The molecule has 0 heterocycles. The van der Waals surface area contributed by atoms with Crippen LogP contribution in [0.4, 0.5) is 0 Å². The van der Waals surface area contributed by atoms with Crippen molar-refractivity contribution in [1.29, 1.82) is 0 Å². The fourth-order valence-electron chi connectivity index (χ4n) is 2.04. The van der Waals surface area contributed by atoms with Crippen molar-refractivity contribution in [3.63, 3.8) is 0 Å². The number of hydrogen-bond donors (Lipinski definition) is 1. The Morgan fingerprint density at radius 2 is 1.85 bits per heavy atom. The molecule has 0 unspecified atom stereocenters. The van der Waals surface area contributed by atoms with Crippen molar-refractivity contribution in [1.82, 2.24) is 10.2 Å². The SMILES string of the molecule is CCCC(=O)N(Cc1ccccc1)[C@H](C)C(=O)NCC. The number of nitrogens with zero attached hydrogens (tertiary/aromatic N) is 1. The first kappa shape index (κ1) is 16.2. The van der Waals surface area contributed by atoms with Gasteiger partial charge < -0.3 is 10.2 Å². The van der Waals surface area contributed by atoms with Crippen LogP contribution in [0, 0.1) is 0 Å². The van der Waals surface area contributed by atoms with Gasteiger partial charge in [-0.3, -0.25) is 9.59 Å². The number of amides is 2. The zero-order chi connectivity index (χ0) is 15.0. The minimum atomic E-state index is -0.450.